The van der Waals surface area contributed by atoms with Crippen molar-refractivity contribution in [1.82, 2.24) is 0 Å². The van der Waals surface area contributed by atoms with Crippen LogP contribution in [0.5, 0.6) is 0 Å². The van der Waals surface area contributed by atoms with E-state index < -0.39 is 6.10 Å². The van der Waals surface area contributed by atoms with E-state index >= 15 is 0 Å². The van der Waals surface area contributed by atoms with E-state index in [0.717, 1.165) is 16.9 Å². The smallest absolute Gasteiger partial charge is 0.0992 e. The first-order valence-corrected chi connectivity index (χ1v) is 6.62. The van der Waals surface area contributed by atoms with Gasteiger partial charge in [-0.1, -0.05) is 23.7 Å². The summed E-state index contributed by atoms with van der Waals surface area (Å²) in [5.74, 6) is 0. The zero-order chi connectivity index (χ0) is 14.7. The molecule has 0 amide bonds. The van der Waals surface area contributed by atoms with Crippen LogP contribution >= 0.6 is 11.6 Å². The van der Waals surface area contributed by atoms with E-state index in [2.05, 4.69) is 6.07 Å². The van der Waals surface area contributed by atoms with E-state index in [1.54, 1.807) is 25.1 Å². The van der Waals surface area contributed by atoms with Crippen molar-refractivity contribution in [3.8, 4) is 6.07 Å². The summed E-state index contributed by atoms with van der Waals surface area (Å²) in [6.45, 7) is 1.70. The number of anilines is 2. The number of aliphatic hydroxyl groups excluding tert-OH is 1. The zero-order valence-corrected chi connectivity index (χ0v) is 12.1. The van der Waals surface area contributed by atoms with E-state index in [1.807, 2.05) is 36.2 Å². The number of hydrogen-bond acceptors (Lipinski definition) is 3. The summed E-state index contributed by atoms with van der Waals surface area (Å²) in [7, 11) is 1.89. The molecule has 0 fully saturated rings. The molecule has 0 saturated heterocycles. The number of nitrogens with zero attached hydrogens (tertiary/aromatic N) is 2. The lowest BCUT2D eigenvalue weighted by molar-refractivity contribution is 0.199. The average Bonchev–Trinajstić information content (AvgIpc) is 2.46. The molecule has 2 aromatic rings. The van der Waals surface area contributed by atoms with Crippen LogP contribution in [0.1, 0.15) is 24.2 Å². The maximum absolute atomic E-state index is 9.55. The van der Waals surface area contributed by atoms with Crippen LogP contribution in [0.2, 0.25) is 5.02 Å². The van der Waals surface area contributed by atoms with E-state index in [1.165, 1.54) is 0 Å². The quantitative estimate of drug-likeness (QED) is 0.926. The van der Waals surface area contributed by atoms with Crippen LogP contribution in [0.4, 0.5) is 11.4 Å². The highest BCUT2D eigenvalue weighted by atomic mass is 35.5. The Hall–Kier alpha value is -2.02. The molecule has 2 rings (SSSR count). The van der Waals surface area contributed by atoms with E-state index in [0.29, 0.717) is 10.6 Å². The molecular formula is C16H15ClN2O. The average molecular weight is 287 g/mol. The van der Waals surface area contributed by atoms with Gasteiger partial charge < -0.3 is 10.0 Å². The highest BCUT2D eigenvalue weighted by Crippen LogP contribution is 2.32. The molecule has 0 saturated carbocycles. The number of nitriles is 1. The second kappa shape index (κ2) is 5.96. The Balaban J connectivity index is 2.38. The third-order valence-corrected chi connectivity index (χ3v) is 3.48. The van der Waals surface area contributed by atoms with Gasteiger partial charge in [-0.05, 0) is 42.8 Å². The molecule has 0 aromatic heterocycles. The number of halogens is 1. The molecule has 0 heterocycles. The van der Waals surface area contributed by atoms with Gasteiger partial charge in [0.05, 0.1) is 28.4 Å². The molecule has 0 aliphatic carbocycles. The lowest BCUT2D eigenvalue weighted by Gasteiger charge is -2.21. The minimum absolute atomic E-state index is 0.547. The van der Waals surface area contributed by atoms with Gasteiger partial charge in [0.25, 0.3) is 0 Å². The van der Waals surface area contributed by atoms with Crippen molar-refractivity contribution in [2.24, 2.45) is 0 Å². The summed E-state index contributed by atoms with van der Waals surface area (Å²) in [5.41, 5.74) is 3.09. The minimum atomic E-state index is -0.547. The third-order valence-electron chi connectivity index (χ3n) is 3.18. The molecule has 0 radical (unpaired) electrons. The fraction of sp³-hybridized carbons (Fsp3) is 0.188. The van der Waals surface area contributed by atoms with Crippen molar-refractivity contribution in [3.63, 3.8) is 0 Å². The maximum Gasteiger partial charge on any atom is 0.0992 e. The Morgan fingerprint density at radius 2 is 2.00 bits per heavy atom. The van der Waals surface area contributed by atoms with Crippen LogP contribution in [0.15, 0.2) is 42.5 Å². The topological polar surface area (TPSA) is 47.3 Å². The first-order chi connectivity index (χ1) is 9.52. The first-order valence-electron chi connectivity index (χ1n) is 6.24. The molecule has 1 unspecified atom stereocenters. The lowest BCUT2D eigenvalue weighted by Crippen LogP contribution is -2.10. The van der Waals surface area contributed by atoms with Crippen molar-refractivity contribution in [3.05, 3.63) is 58.6 Å². The molecule has 0 bridgehead atoms. The third kappa shape index (κ3) is 2.93. The second-order valence-corrected chi connectivity index (χ2v) is 5.02. The van der Waals surface area contributed by atoms with Gasteiger partial charge in [0, 0.05) is 12.7 Å². The molecule has 0 aliphatic rings. The van der Waals surface area contributed by atoms with Gasteiger partial charge in [-0.15, -0.1) is 0 Å². The normalized spacial score (nSPS) is 11.8. The number of hydrogen-bond donors (Lipinski definition) is 1. The molecule has 0 aliphatic heterocycles. The summed E-state index contributed by atoms with van der Waals surface area (Å²) in [6, 6.07) is 14.9. The predicted octanol–water partition coefficient (Wildman–Crippen LogP) is 4.03. The Kier molecular flexibility index (Phi) is 4.29. The molecule has 1 atom stereocenters. The van der Waals surface area contributed by atoms with Crippen molar-refractivity contribution in [2.45, 2.75) is 13.0 Å². The Morgan fingerprint density at radius 1 is 1.25 bits per heavy atom. The summed E-state index contributed by atoms with van der Waals surface area (Å²) in [6.07, 6.45) is -0.547. The maximum atomic E-state index is 9.55. The largest absolute Gasteiger partial charge is 0.389 e. The van der Waals surface area contributed by atoms with Gasteiger partial charge in [0.2, 0.25) is 0 Å². The summed E-state index contributed by atoms with van der Waals surface area (Å²) < 4.78 is 0. The van der Waals surface area contributed by atoms with Crippen LogP contribution in [-0.4, -0.2) is 12.2 Å². The molecule has 20 heavy (non-hydrogen) atoms. The van der Waals surface area contributed by atoms with E-state index in [-0.39, 0.29) is 0 Å². The molecular weight excluding hydrogens is 272 g/mol. The van der Waals surface area contributed by atoms with Crippen molar-refractivity contribution in [1.29, 1.82) is 5.26 Å². The zero-order valence-electron chi connectivity index (χ0n) is 11.3. The Labute approximate surface area is 123 Å². The summed E-state index contributed by atoms with van der Waals surface area (Å²) in [5, 5.41) is 19.1. The number of benzene rings is 2. The molecule has 1 N–H and O–H groups in total. The summed E-state index contributed by atoms with van der Waals surface area (Å²) >= 11 is 6.27. The summed E-state index contributed by atoms with van der Waals surface area (Å²) in [4.78, 5) is 1.91. The fourth-order valence-corrected chi connectivity index (χ4v) is 2.29. The van der Waals surface area contributed by atoms with Gasteiger partial charge in [-0.25, -0.2) is 0 Å². The predicted molar refractivity (Wildman–Crippen MR) is 81.3 cm³/mol. The van der Waals surface area contributed by atoms with E-state index in [9.17, 15) is 5.11 Å². The van der Waals surface area contributed by atoms with Crippen LogP contribution in [-0.2, 0) is 0 Å². The van der Waals surface area contributed by atoms with Crippen LogP contribution in [0.25, 0.3) is 0 Å². The Bertz CT molecular complexity index is 662. The Morgan fingerprint density at radius 3 is 2.60 bits per heavy atom. The van der Waals surface area contributed by atoms with Gasteiger partial charge in [0.15, 0.2) is 0 Å². The molecule has 0 spiro atoms. The van der Waals surface area contributed by atoms with Crippen LogP contribution in [0, 0.1) is 11.3 Å². The standard InChI is InChI=1S/C16H15ClN2O/c1-11(20)13-6-7-16(15(17)9-13)19(2)14-5-3-4-12(8-14)10-18/h3-9,11,20H,1-2H3. The first kappa shape index (κ1) is 14.4. The van der Waals surface area contributed by atoms with E-state index in [4.69, 9.17) is 16.9 Å². The lowest BCUT2D eigenvalue weighted by atomic mass is 10.1. The molecule has 4 heteroatoms. The second-order valence-electron chi connectivity index (χ2n) is 4.61. The minimum Gasteiger partial charge on any atom is -0.389 e. The van der Waals surface area contributed by atoms with Gasteiger partial charge in [0.1, 0.15) is 0 Å². The highest BCUT2D eigenvalue weighted by molar-refractivity contribution is 6.33. The molecule has 3 nitrogen and oxygen atoms in total. The fourth-order valence-electron chi connectivity index (χ4n) is 1.98. The monoisotopic (exact) mass is 286 g/mol. The number of aliphatic hydroxyl groups is 1. The van der Waals surface area contributed by atoms with Crippen molar-refractivity contribution < 1.29 is 5.11 Å². The van der Waals surface area contributed by atoms with Crippen LogP contribution in [0.3, 0.4) is 0 Å². The SMILES string of the molecule is CC(O)c1ccc(N(C)c2cccc(C#N)c2)c(Cl)c1. The van der Waals surface area contributed by atoms with Crippen molar-refractivity contribution >= 4 is 23.0 Å². The van der Waals surface area contributed by atoms with Gasteiger partial charge >= 0.3 is 0 Å². The van der Waals surface area contributed by atoms with Gasteiger partial charge in [-0.2, -0.15) is 5.26 Å². The van der Waals surface area contributed by atoms with Gasteiger partial charge in [-0.3, -0.25) is 0 Å². The highest BCUT2D eigenvalue weighted by Gasteiger charge is 2.11. The van der Waals surface area contributed by atoms with Crippen LogP contribution < -0.4 is 4.90 Å². The molecule has 2 aromatic carbocycles. The van der Waals surface area contributed by atoms with Crippen molar-refractivity contribution in [2.75, 3.05) is 11.9 Å². The number of rotatable bonds is 3. The molecule has 102 valence electrons.